The van der Waals surface area contributed by atoms with Crippen molar-refractivity contribution in [2.75, 3.05) is 0 Å². The highest BCUT2D eigenvalue weighted by molar-refractivity contribution is 6.21. The molecule has 64 heavy (non-hydrogen) atoms. The van der Waals surface area contributed by atoms with E-state index >= 15 is 0 Å². The lowest BCUT2D eigenvalue weighted by Crippen LogP contribution is -1.98. The van der Waals surface area contributed by atoms with Gasteiger partial charge >= 0.3 is 0 Å². The van der Waals surface area contributed by atoms with Crippen molar-refractivity contribution in [2.24, 2.45) is 0 Å². The van der Waals surface area contributed by atoms with Crippen LogP contribution in [0.25, 0.3) is 121 Å². The first-order valence-electron chi connectivity index (χ1n) is 22.0. The normalized spacial score (nSPS) is 11.4. The first kappa shape index (κ1) is 37.4. The third-order valence-electron chi connectivity index (χ3n) is 12.8. The molecule has 0 N–H and O–H groups in total. The van der Waals surface area contributed by atoms with Gasteiger partial charge in [-0.1, -0.05) is 237 Å². The van der Waals surface area contributed by atoms with Gasteiger partial charge in [0.05, 0.1) is 11.0 Å². The van der Waals surface area contributed by atoms with Gasteiger partial charge in [0, 0.05) is 27.1 Å². The second kappa shape index (κ2) is 15.8. The summed E-state index contributed by atoms with van der Waals surface area (Å²) in [4.78, 5) is 5.43. The molecule has 12 rings (SSSR count). The van der Waals surface area contributed by atoms with Crippen molar-refractivity contribution in [3.63, 3.8) is 0 Å². The Bertz CT molecular complexity index is 3580. The fourth-order valence-corrected chi connectivity index (χ4v) is 9.88. The van der Waals surface area contributed by atoms with E-state index in [0.29, 0.717) is 0 Å². The number of aromatic nitrogens is 1. The van der Waals surface area contributed by atoms with E-state index < -0.39 is 0 Å². The van der Waals surface area contributed by atoms with E-state index in [9.17, 15) is 0 Å². The zero-order valence-electron chi connectivity index (χ0n) is 35.1. The second-order valence-corrected chi connectivity index (χ2v) is 16.6. The van der Waals surface area contributed by atoms with Gasteiger partial charge in [-0.15, -0.1) is 0 Å². The van der Waals surface area contributed by atoms with Crippen LogP contribution in [0.5, 0.6) is 0 Å². The molecule has 0 spiro atoms. The van der Waals surface area contributed by atoms with Crippen molar-refractivity contribution in [1.29, 1.82) is 0 Å². The summed E-state index contributed by atoms with van der Waals surface area (Å²) >= 11 is 0. The van der Waals surface area contributed by atoms with Gasteiger partial charge in [0.2, 0.25) is 0 Å². The lowest BCUT2D eigenvalue weighted by molar-refractivity contribution is 1.52. The Morgan fingerprint density at radius 2 is 0.594 bits per heavy atom. The summed E-state index contributed by atoms with van der Waals surface area (Å²) in [6.07, 6.45) is 0. The first-order chi connectivity index (χ1) is 31.8. The van der Waals surface area contributed by atoms with Gasteiger partial charge in [0.15, 0.2) is 0 Å². The highest BCUT2D eigenvalue weighted by atomic mass is 14.7. The van der Waals surface area contributed by atoms with Gasteiger partial charge in [-0.2, -0.15) is 0 Å². The molecule has 12 aromatic rings. The van der Waals surface area contributed by atoms with Crippen LogP contribution in [-0.2, 0) is 0 Å². The minimum Gasteiger partial charge on any atom is -0.246 e. The molecule has 0 unspecified atom stereocenters. The molecule has 0 aliphatic carbocycles. The first-order valence-corrected chi connectivity index (χ1v) is 22.0. The number of hydrogen-bond donors (Lipinski definition) is 0. The minimum absolute atomic E-state index is 1.03. The van der Waals surface area contributed by atoms with Crippen LogP contribution in [0.4, 0.5) is 0 Å². The smallest absolute Gasteiger partial charge is 0.0794 e. The van der Waals surface area contributed by atoms with Crippen LogP contribution < -0.4 is 0 Å². The molecule has 0 saturated carbocycles. The molecule has 11 aromatic carbocycles. The van der Waals surface area contributed by atoms with Crippen molar-refractivity contribution in [3.8, 4) is 77.9 Å². The van der Waals surface area contributed by atoms with Crippen molar-refractivity contribution < 1.29 is 0 Å². The molecule has 0 bridgehead atoms. The molecule has 1 aromatic heterocycles. The fourth-order valence-electron chi connectivity index (χ4n) is 9.88. The van der Waals surface area contributed by atoms with E-state index in [2.05, 4.69) is 249 Å². The molecule has 298 valence electrons. The summed E-state index contributed by atoms with van der Waals surface area (Å²) in [5.41, 5.74) is 18.7. The maximum Gasteiger partial charge on any atom is 0.0794 e. The quantitative estimate of drug-likeness (QED) is 0.115. The van der Waals surface area contributed by atoms with Crippen LogP contribution in [0.1, 0.15) is 0 Å². The van der Waals surface area contributed by atoms with Gasteiger partial charge in [-0.05, 0) is 95.2 Å². The predicted molar refractivity (Wildman–Crippen MR) is 272 cm³/mol. The number of pyridine rings is 1. The van der Waals surface area contributed by atoms with Crippen molar-refractivity contribution in [2.45, 2.75) is 0 Å². The molecule has 0 aliphatic rings. The molecule has 0 atom stereocenters. The zero-order valence-corrected chi connectivity index (χ0v) is 35.1. The van der Waals surface area contributed by atoms with Gasteiger partial charge < -0.3 is 0 Å². The SMILES string of the molecule is c1ccc(-c2cc(-c3cccc(-c4ccc(-c5c6ccc7ccccc7c6nc6c5ccc5ccccc56)cc4)c3)c(-c3ccccc3)c(-c3ccccc3)c2-c2ccccc2)cc1. The van der Waals surface area contributed by atoms with Crippen LogP contribution in [0.2, 0.25) is 0 Å². The lowest BCUT2D eigenvalue weighted by Gasteiger charge is -2.24. The number of rotatable bonds is 7. The van der Waals surface area contributed by atoms with Gasteiger partial charge in [-0.25, -0.2) is 4.98 Å². The minimum atomic E-state index is 1.03. The molecule has 1 heterocycles. The summed E-state index contributed by atoms with van der Waals surface area (Å²) in [5, 5.41) is 7.04. The van der Waals surface area contributed by atoms with E-state index in [4.69, 9.17) is 4.98 Å². The van der Waals surface area contributed by atoms with E-state index in [1.54, 1.807) is 0 Å². The highest BCUT2D eigenvalue weighted by Crippen LogP contribution is 2.50. The number of nitrogens with zero attached hydrogens (tertiary/aromatic N) is 1. The Labute approximate surface area is 373 Å². The molecule has 1 nitrogen and oxygen atoms in total. The maximum atomic E-state index is 5.43. The topological polar surface area (TPSA) is 12.9 Å². The van der Waals surface area contributed by atoms with Gasteiger partial charge in [0.1, 0.15) is 0 Å². The Morgan fingerprint density at radius 3 is 1.12 bits per heavy atom. The van der Waals surface area contributed by atoms with Gasteiger partial charge in [-0.3, -0.25) is 0 Å². The summed E-state index contributed by atoms with van der Waals surface area (Å²) in [6, 6.07) is 90.5. The third-order valence-corrected chi connectivity index (χ3v) is 12.8. The third kappa shape index (κ3) is 6.46. The van der Waals surface area contributed by atoms with Crippen LogP contribution in [0, 0.1) is 0 Å². The highest BCUT2D eigenvalue weighted by Gasteiger charge is 2.24. The Hall–Kier alpha value is -8.39. The number of hydrogen-bond acceptors (Lipinski definition) is 1. The Balaban J connectivity index is 1.06. The second-order valence-electron chi connectivity index (χ2n) is 16.6. The average molecular weight is 812 g/mol. The summed E-state index contributed by atoms with van der Waals surface area (Å²) in [6.45, 7) is 0. The van der Waals surface area contributed by atoms with E-state index in [1.807, 2.05) is 0 Å². The predicted octanol–water partition coefficient (Wildman–Crippen LogP) is 17.4. The molecule has 0 amide bonds. The molecule has 0 fully saturated rings. The molecule has 1 heteroatoms. The zero-order chi connectivity index (χ0) is 42.4. The van der Waals surface area contributed by atoms with Gasteiger partial charge in [0.25, 0.3) is 0 Å². The van der Waals surface area contributed by atoms with Crippen molar-refractivity contribution in [1.82, 2.24) is 4.98 Å². The fraction of sp³-hybridized carbons (Fsp3) is 0. The summed E-state index contributed by atoms with van der Waals surface area (Å²) in [5.74, 6) is 0. The Morgan fingerprint density at radius 1 is 0.203 bits per heavy atom. The van der Waals surface area contributed by atoms with Crippen LogP contribution in [0.3, 0.4) is 0 Å². The van der Waals surface area contributed by atoms with E-state index in [0.717, 1.165) is 27.4 Å². The van der Waals surface area contributed by atoms with Crippen molar-refractivity contribution >= 4 is 43.4 Å². The summed E-state index contributed by atoms with van der Waals surface area (Å²) < 4.78 is 0. The number of fused-ring (bicyclic) bond motifs is 6. The van der Waals surface area contributed by atoms with Crippen molar-refractivity contribution in [3.05, 3.63) is 249 Å². The molecule has 0 aliphatic heterocycles. The van der Waals surface area contributed by atoms with E-state index in [-0.39, 0.29) is 0 Å². The molecular weight excluding hydrogens is 771 g/mol. The average Bonchev–Trinajstić information content (AvgIpc) is 3.38. The van der Waals surface area contributed by atoms with E-state index in [1.165, 1.54) is 93.9 Å². The van der Waals surface area contributed by atoms with Crippen LogP contribution >= 0.6 is 0 Å². The monoisotopic (exact) mass is 811 g/mol. The summed E-state index contributed by atoms with van der Waals surface area (Å²) in [7, 11) is 0. The molecule has 0 saturated heterocycles. The number of benzene rings is 11. The van der Waals surface area contributed by atoms with Crippen LogP contribution in [0.15, 0.2) is 249 Å². The lowest BCUT2D eigenvalue weighted by atomic mass is 9.78. The maximum absolute atomic E-state index is 5.43. The largest absolute Gasteiger partial charge is 0.246 e. The molecule has 0 radical (unpaired) electrons. The van der Waals surface area contributed by atoms with Crippen LogP contribution in [-0.4, -0.2) is 4.98 Å². The molecular formula is C63H41N. The standard InChI is InChI=1S/C63H41N/c1-5-18-43(19-6-1)56-41-57(60(47-24-9-3-10-25-47)61(48-26-11-4-12-27-48)59(56)46-22-7-2-8-23-46)51-29-17-28-50(40-51)42-32-34-49(35-33-42)58-54-38-36-44-20-13-15-30-52(44)62(54)64-63-53-31-16-14-21-45(53)37-39-55(58)63/h1-41H. The Kier molecular flexibility index (Phi) is 9.24.